The maximum Gasteiger partial charge on any atom is 0.337 e. The van der Waals surface area contributed by atoms with E-state index in [-0.39, 0.29) is 7.43 Å². The van der Waals surface area contributed by atoms with Crippen LogP contribution in [-0.4, -0.2) is 16.1 Å². The molecule has 3 nitrogen and oxygen atoms in total. The maximum atomic E-state index is 10.8. The molecule has 0 amide bonds. The van der Waals surface area contributed by atoms with Crippen LogP contribution in [-0.2, 0) is 6.42 Å². The molecule has 88 valence electrons. The van der Waals surface area contributed by atoms with Gasteiger partial charge in [-0.05, 0) is 30.4 Å². The standard InChI is InChI=1S/C12H15NO2.CH4/c1-7(2)10-4-3-8-5-9(12(14)15)6-13-11(8)10;/h5-7,10H,3-4H2,1-2H3,(H,14,15);1H4/t10-;/m0./s1. The van der Waals surface area contributed by atoms with Crippen molar-refractivity contribution >= 4 is 5.97 Å². The van der Waals surface area contributed by atoms with Crippen molar-refractivity contribution in [2.45, 2.75) is 40.0 Å². The Bertz CT molecular complexity index is 399. The first-order valence-corrected chi connectivity index (χ1v) is 5.31. The van der Waals surface area contributed by atoms with E-state index in [9.17, 15) is 4.79 Å². The average Bonchev–Trinajstić information content (AvgIpc) is 2.59. The lowest BCUT2D eigenvalue weighted by Gasteiger charge is -2.14. The smallest absolute Gasteiger partial charge is 0.337 e. The molecule has 0 saturated carbocycles. The second-order valence-electron chi connectivity index (χ2n) is 4.46. The Hall–Kier alpha value is -1.38. The lowest BCUT2D eigenvalue weighted by atomic mass is 9.93. The number of fused-ring (bicyclic) bond motifs is 1. The first-order chi connectivity index (χ1) is 7.09. The van der Waals surface area contributed by atoms with E-state index in [2.05, 4.69) is 18.8 Å². The molecule has 0 unspecified atom stereocenters. The molecular formula is C13H19NO2. The number of aromatic carboxylic acids is 1. The van der Waals surface area contributed by atoms with Gasteiger partial charge < -0.3 is 5.11 Å². The summed E-state index contributed by atoms with van der Waals surface area (Å²) >= 11 is 0. The third-order valence-electron chi connectivity index (χ3n) is 3.13. The predicted molar refractivity (Wildman–Crippen MR) is 63.8 cm³/mol. The van der Waals surface area contributed by atoms with Crippen molar-refractivity contribution in [3.63, 3.8) is 0 Å². The summed E-state index contributed by atoms with van der Waals surface area (Å²) in [5, 5.41) is 8.85. The van der Waals surface area contributed by atoms with Crippen LogP contribution in [0.4, 0.5) is 0 Å². The number of aryl methyl sites for hydroxylation is 1. The highest BCUT2D eigenvalue weighted by atomic mass is 16.4. The van der Waals surface area contributed by atoms with Crippen LogP contribution in [0.5, 0.6) is 0 Å². The third-order valence-corrected chi connectivity index (χ3v) is 3.13. The van der Waals surface area contributed by atoms with E-state index >= 15 is 0 Å². The van der Waals surface area contributed by atoms with Gasteiger partial charge in [-0.25, -0.2) is 4.79 Å². The van der Waals surface area contributed by atoms with E-state index in [1.807, 2.05) is 0 Å². The van der Waals surface area contributed by atoms with Gasteiger partial charge in [0.2, 0.25) is 0 Å². The molecule has 0 bridgehead atoms. The second-order valence-corrected chi connectivity index (χ2v) is 4.46. The minimum absolute atomic E-state index is 0. The monoisotopic (exact) mass is 221 g/mol. The van der Waals surface area contributed by atoms with Gasteiger partial charge in [0.25, 0.3) is 0 Å². The number of nitrogens with zero attached hydrogens (tertiary/aromatic N) is 1. The van der Waals surface area contributed by atoms with E-state index in [0.29, 0.717) is 17.4 Å². The number of rotatable bonds is 2. The van der Waals surface area contributed by atoms with Crippen LogP contribution < -0.4 is 0 Å². The predicted octanol–water partition coefficient (Wildman–Crippen LogP) is 3.10. The van der Waals surface area contributed by atoms with Gasteiger partial charge >= 0.3 is 5.97 Å². The van der Waals surface area contributed by atoms with Gasteiger partial charge in [-0.3, -0.25) is 4.98 Å². The molecule has 0 aliphatic heterocycles. The first kappa shape index (κ1) is 12.7. The Morgan fingerprint density at radius 3 is 2.81 bits per heavy atom. The normalized spacial score (nSPS) is 18.1. The quantitative estimate of drug-likeness (QED) is 0.834. The van der Waals surface area contributed by atoms with Gasteiger partial charge in [0.05, 0.1) is 5.56 Å². The lowest BCUT2D eigenvalue weighted by molar-refractivity contribution is 0.0696. The summed E-state index contributed by atoms with van der Waals surface area (Å²) in [5.41, 5.74) is 2.53. The molecule has 1 aliphatic carbocycles. The van der Waals surface area contributed by atoms with Gasteiger partial charge in [-0.15, -0.1) is 0 Å². The van der Waals surface area contributed by atoms with Gasteiger partial charge in [0.15, 0.2) is 0 Å². The van der Waals surface area contributed by atoms with Crippen molar-refractivity contribution in [3.05, 3.63) is 29.1 Å². The van der Waals surface area contributed by atoms with Crippen LogP contribution in [0.2, 0.25) is 0 Å². The molecule has 0 saturated heterocycles. The van der Waals surface area contributed by atoms with E-state index in [1.165, 1.54) is 6.20 Å². The zero-order valence-corrected chi connectivity index (χ0v) is 9.03. The molecule has 1 aromatic heterocycles. The highest BCUT2D eigenvalue weighted by Gasteiger charge is 2.27. The molecule has 1 heterocycles. The number of pyridine rings is 1. The molecule has 1 aromatic rings. The number of carbonyl (C=O) groups is 1. The molecular weight excluding hydrogens is 202 g/mol. The zero-order valence-electron chi connectivity index (χ0n) is 9.03. The molecule has 0 radical (unpaired) electrons. The minimum atomic E-state index is -0.890. The van der Waals surface area contributed by atoms with E-state index in [0.717, 1.165) is 24.1 Å². The highest BCUT2D eigenvalue weighted by Crippen LogP contribution is 2.36. The lowest BCUT2D eigenvalue weighted by Crippen LogP contribution is -2.06. The van der Waals surface area contributed by atoms with Crippen molar-refractivity contribution in [1.29, 1.82) is 0 Å². The van der Waals surface area contributed by atoms with Crippen LogP contribution in [0.15, 0.2) is 12.3 Å². The Morgan fingerprint density at radius 2 is 2.25 bits per heavy atom. The van der Waals surface area contributed by atoms with Crippen LogP contribution in [0.1, 0.15) is 55.2 Å². The molecule has 1 N–H and O–H groups in total. The Balaban J connectivity index is 0.00000128. The molecule has 3 heteroatoms. The van der Waals surface area contributed by atoms with Crippen LogP contribution >= 0.6 is 0 Å². The summed E-state index contributed by atoms with van der Waals surface area (Å²) in [6.07, 6.45) is 3.54. The van der Waals surface area contributed by atoms with Gasteiger partial charge in [-0.1, -0.05) is 21.3 Å². The van der Waals surface area contributed by atoms with Crippen molar-refractivity contribution in [2.75, 3.05) is 0 Å². The SMILES string of the molecule is C.CC(C)[C@@H]1CCc2cc(C(=O)O)cnc21. The largest absolute Gasteiger partial charge is 0.478 e. The van der Waals surface area contributed by atoms with Crippen LogP contribution in [0, 0.1) is 5.92 Å². The molecule has 1 atom stereocenters. The fourth-order valence-corrected chi connectivity index (χ4v) is 2.27. The maximum absolute atomic E-state index is 10.8. The summed E-state index contributed by atoms with van der Waals surface area (Å²) in [5.74, 6) is 0.190. The third kappa shape index (κ3) is 2.08. The Kier molecular flexibility index (Phi) is 3.68. The molecule has 0 aromatic carbocycles. The number of aromatic nitrogens is 1. The van der Waals surface area contributed by atoms with E-state index in [1.54, 1.807) is 6.07 Å². The summed E-state index contributed by atoms with van der Waals surface area (Å²) in [6.45, 7) is 4.37. The van der Waals surface area contributed by atoms with Crippen molar-refractivity contribution in [3.8, 4) is 0 Å². The summed E-state index contributed by atoms with van der Waals surface area (Å²) in [7, 11) is 0. The topological polar surface area (TPSA) is 50.2 Å². The number of hydrogen-bond acceptors (Lipinski definition) is 2. The van der Waals surface area contributed by atoms with Crippen molar-refractivity contribution in [2.24, 2.45) is 5.92 Å². The van der Waals surface area contributed by atoms with Crippen LogP contribution in [0.3, 0.4) is 0 Å². The zero-order chi connectivity index (χ0) is 11.0. The number of hydrogen-bond donors (Lipinski definition) is 1. The first-order valence-electron chi connectivity index (χ1n) is 5.31. The second kappa shape index (κ2) is 4.64. The van der Waals surface area contributed by atoms with E-state index in [4.69, 9.17) is 5.11 Å². The summed E-state index contributed by atoms with van der Waals surface area (Å²) in [6, 6.07) is 1.77. The number of carboxylic acid groups (broad SMARTS) is 1. The van der Waals surface area contributed by atoms with Crippen LogP contribution in [0.25, 0.3) is 0 Å². The summed E-state index contributed by atoms with van der Waals surface area (Å²) < 4.78 is 0. The average molecular weight is 221 g/mol. The minimum Gasteiger partial charge on any atom is -0.478 e. The Morgan fingerprint density at radius 1 is 1.56 bits per heavy atom. The molecule has 0 fully saturated rings. The number of carboxylic acids is 1. The molecule has 16 heavy (non-hydrogen) atoms. The molecule has 2 rings (SSSR count). The van der Waals surface area contributed by atoms with Gasteiger partial charge in [-0.2, -0.15) is 0 Å². The van der Waals surface area contributed by atoms with Crippen molar-refractivity contribution < 1.29 is 9.90 Å². The molecule has 1 aliphatic rings. The summed E-state index contributed by atoms with van der Waals surface area (Å²) in [4.78, 5) is 15.1. The fraction of sp³-hybridized carbons (Fsp3) is 0.538. The van der Waals surface area contributed by atoms with Gasteiger partial charge in [0, 0.05) is 17.8 Å². The van der Waals surface area contributed by atoms with Crippen molar-refractivity contribution in [1.82, 2.24) is 4.98 Å². The Labute approximate surface area is 96.5 Å². The van der Waals surface area contributed by atoms with E-state index < -0.39 is 5.97 Å². The highest BCUT2D eigenvalue weighted by molar-refractivity contribution is 5.87. The fourth-order valence-electron chi connectivity index (χ4n) is 2.27. The van der Waals surface area contributed by atoms with Gasteiger partial charge in [0.1, 0.15) is 0 Å². The molecule has 0 spiro atoms.